The molecular formula is C21H14F3N3O5S. The number of amides is 1. The molecule has 0 atom stereocenters. The third-order valence-corrected chi connectivity index (χ3v) is 5.09. The zero-order valence-corrected chi connectivity index (χ0v) is 17.6. The number of nitrogens with zero attached hydrogens (tertiary/aromatic N) is 2. The molecule has 0 aliphatic carbocycles. The van der Waals surface area contributed by atoms with Crippen molar-refractivity contribution >= 4 is 34.9 Å². The maximum absolute atomic E-state index is 13.3. The molecule has 1 amide bonds. The lowest BCUT2D eigenvalue weighted by molar-refractivity contribution is -0.139. The molecule has 1 heterocycles. The van der Waals surface area contributed by atoms with Crippen molar-refractivity contribution in [3.8, 4) is 23.3 Å². The average molecular weight is 477 g/mol. The highest BCUT2D eigenvalue weighted by molar-refractivity contribution is 8.18. The number of nitriles is 1. The number of aliphatic imine (C=N–C) groups is 1. The number of amidine groups is 1. The highest BCUT2D eigenvalue weighted by Gasteiger charge is 2.35. The molecule has 0 fully saturated rings. The van der Waals surface area contributed by atoms with Gasteiger partial charge in [0.15, 0.2) is 16.7 Å². The molecule has 0 saturated heterocycles. The van der Waals surface area contributed by atoms with Crippen LogP contribution >= 0.6 is 11.8 Å². The molecule has 170 valence electrons. The molecule has 0 radical (unpaired) electrons. The second kappa shape index (κ2) is 9.66. The zero-order chi connectivity index (χ0) is 24.2. The Kier molecular flexibility index (Phi) is 6.93. The molecule has 8 nitrogen and oxygen atoms in total. The van der Waals surface area contributed by atoms with Gasteiger partial charge in [-0.3, -0.25) is 9.59 Å². The number of hydrogen-bond acceptors (Lipinski definition) is 8. The summed E-state index contributed by atoms with van der Waals surface area (Å²) in [5.74, 6) is -2.42. The van der Waals surface area contributed by atoms with Gasteiger partial charge in [-0.2, -0.15) is 23.4 Å². The maximum atomic E-state index is 13.3. The molecular weight excluding hydrogens is 463 g/mol. The molecule has 33 heavy (non-hydrogen) atoms. The van der Waals surface area contributed by atoms with Gasteiger partial charge in [0.05, 0.1) is 29.2 Å². The summed E-state index contributed by atoms with van der Waals surface area (Å²) in [7, 11) is 1.22. The predicted octanol–water partition coefficient (Wildman–Crippen LogP) is 3.81. The number of carbonyl (C=O) groups is 2. The van der Waals surface area contributed by atoms with Crippen molar-refractivity contribution in [1.82, 2.24) is 5.32 Å². The van der Waals surface area contributed by atoms with Crippen LogP contribution in [-0.4, -0.2) is 35.8 Å². The number of methoxy groups -OCH3 is 1. The number of carbonyl (C=O) groups excluding carboxylic acids is 2. The minimum absolute atomic E-state index is 0.176. The number of nitrogens with one attached hydrogen (secondary N) is 1. The molecule has 0 bridgehead atoms. The largest absolute Gasteiger partial charge is 0.504 e. The number of thioether (sulfide) groups is 1. The summed E-state index contributed by atoms with van der Waals surface area (Å²) in [6.07, 6.45) is -3.36. The standard InChI is InChI=1S/C21H14F3N3O5S/c1-31-18(29)10-26-20-27-19(30)17(33-20)8-11-2-5-16(14(28)7-11)32-15-4-3-12(9-25)6-13(15)21(22,23)24/h2-8,28H,10H2,1H3,(H,26,27,30)/b17-8-. The summed E-state index contributed by atoms with van der Waals surface area (Å²) < 4.78 is 49.7. The van der Waals surface area contributed by atoms with Gasteiger partial charge in [-0.1, -0.05) is 6.07 Å². The minimum atomic E-state index is -4.78. The smallest absolute Gasteiger partial charge is 0.420 e. The molecule has 0 saturated carbocycles. The van der Waals surface area contributed by atoms with E-state index in [0.717, 1.165) is 23.9 Å². The number of halogens is 3. The molecule has 0 spiro atoms. The van der Waals surface area contributed by atoms with Crippen LogP contribution in [0, 0.1) is 11.3 Å². The molecule has 0 unspecified atom stereocenters. The van der Waals surface area contributed by atoms with Crippen LogP contribution in [0.4, 0.5) is 13.2 Å². The number of esters is 1. The summed E-state index contributed by atoms with van der Waals surface area (Å²) in [4.78, 5) is 27.1. The Hall–Kier alpha value is -3.98. The number of hydrogen-bond donors (Lipinski definition) is 2. The van der Waals surface area contributed by atoms with E-state index in [1.165, 1.54) is 31.4 Å². The molecule has 2 N–H and O–H groups in total. The lowest BCUT2D eigenvalue weighted by Crippen LogP contribution is -2.27. The van der Waals surface area contributed by atoms with Crippen molar-refractivity contribution in [2.24, 2.45) is 4.99 Å². The van der Waals surface area contributed by atoms with Gasteiger partial charge in [-0.15, -0.1) is 0 Å². The van der Waals surface area contributed by atoms with Crippen LogP contribution in [0.15, 0.2) is 46.3 Å². The van der Waals surface area contributed by atoms with E-state index in [9.17, 15) is 27.9 Å². The fourth-order valence-corrected chi connectivity index (χ4v) is 3.40. The van der Waals surface area contributed by atoms with Gasteiger partial charge in [0, 0.05) is 0 Å². The highest BCUT2D eigenvalue weighted by atomic mass is 32.2. The number of aromatic hydroxyl groups is 1. The summed E-state index contributed by atoms with van der Waals surface area (Å²) >= 11 is 0.965. The zero-order valence-electron chi connectivity index (χ0n) is 16.8. The van der Waals surface area contributed by atoms with Crippen LogP contribution in [-0.2, 0) is 20.5 Å². The normalized spacial score (nSPS) is 14.6. The van der Waals surface area contributed by atoms with Gasteiger partial charge in [-0.05, 0) is 53.7 Å². The number of alkyl halides is 3. The first kappa shape index (κ1) is 23.7. The van der Waals surface area contributed by atoms with Crippen molar-refractivity contribution < 1.29 is 37.3 Å². The molecule has 0 aromatic heterocycles. The van der Waals surface area contributed by atoms with E-state index in [4.69, 9.17) is 10.00 Å². The third kappa shape index (κ3) is 5.83. The third-order valence-electron chi connectivity index (χ3n) is 4.15. The van der Waals surface area contributed by atoms with Gasteiger partial charge >= 0.3 is 12.1 Å². The summed E-state index contributed by atoms with van der Waals surface area (Å²) in [5.41, 5.74) is -0.998. The Labute approximate surface area is 189 Å². The lowest BCUT2D eigenvalue weighted by Gasteiger charge is -2.15. The Bertz CT molecular complexity index is 1220. The molecule has 2 aromatic rings. The molecule has 12 heteroatoms. The fraction of sp³-hybridized carbons (Fsp3) is 0.143. The fourth-order valence-electron chi connectivity index (χ4n) is 2.60. The number of phenolic OH excluding ortho intramolecular Hbond substituents is 1. The average Bonchev–Trinajstić information content (AvgIpc) is 3.12. The van der Waals surface area contributed by atoms with Crippen molar-refractivity contribution in [3.63, 3.8) is 0 Å². The van der Waals surface area contributed by atoms with Crippen LogP contribution in [0.3, 0.4) is 0 Å². The predicted molar refractivity (Wildman–Crippen MR) is 112 cm³/mol. The van der Waals surface area contributed by atoms with E-state index < -0.39 is 35.1 Å². The van der Waals surface area contributed by atoms with E-state index >= 15 is 0 Å². The van der Waals surface area contributed by atoms with E-state index in [1.54, 1.807) is 6.07 Å². The van der Waals surface area contributed by atoms with Crippen LogP contribution in [0.25, 0.3) is 6.08 Å². The summed E-state index contributed by atoms with van der Waals surface area (Å²) in [5, 5.41) is 21.9. The first-order valence-electron chi connectivity index (χ1n) is 9.06. The van der Waals surface area contributed by atoms with E-state index in [2.05, 4.69) is 15.0 Å². The topological polar surface area (TPSA) is 121 Å². The lowest BCUT2D eigenvalue weighted by atomic mass is 10.1. The first-order valence-corrected chi connectivity index (χ1v) is 9.88. The Morgan fingerprint density at radius 1 is 1.27 bits per heavy atom. The molecule has 3 rings (SSSR count). The number of benzene rings is 2. The monoisotopic (exact) mass is 477 g/mol. The summed E-state index contributed by atoms with van der Waals surface area (Å²) in [6, 6.07) is 8.30. The Morgan fingerprint density at radius 3 is 2.64 bits per heavy atom. The van der Waals surface area contributed by atoms with Crippen molar-refractivity contribution in [1.29, 1.82) is 5.26 Å². The number of phenols is 1. The highest BCUT2D eigenvalue weighted by Crippen LogP contribution is 2.41. The Balaban J connectivity index is 1.78. The van der Waals surface area contributed by atoms with Crippen LogP contribution in [0.5, 0.6) is 17.2 Å². The number of rotatable bonds is 5. The van der Waals surface area contributed by atoms with Crippen LogP contribution in [0.2, 0.25) is 0 Å². The van der Waals surface area contributed by atoms with Crippen LogP contribution in [0.1, 0.15) is 16.7 Å². The van der Waals surface area contributed by atoms with E-state index in [1.807, 2.05) is 0 Å². The van der Waals surface area contributed by atoms with Gasteiger partial charge in [0.2, 0.25) is 0 Å². The van der Waals surface area contributed by atoms with Crippen molar-refractivity contribution in [2.75, 3.05) is 13.7 Å². The van der Waals surface area contributed by atoms with Crippen LogP contribution < -0.4 is 10.1 Å². The first-order chi connectivity index (χ1) is 15.6. The molecule has 2 aromatic carbocycles. The minimum Gasteiger partial charge on any atom is -0.504 e. The molecule has 1 aliphatic heterocycles. The molecule has 1 aliphatic rings. The van der Waals surface area contributed by atoms with Gasteiger partial charge < -0.3 is 19.9 Å². The Morgan fingerprint density at radius 2 is 2.00 bits per heavy atom. The van der Waals surface area contributed by atoms with Gasteiger partial charge in [-0.25, -0.2) is 0 Å². The SMILES string of the molecule is COC(=O)CNC1=NC(=O)/C(=C/c2ccc(Oc3ccc(C#N)cc3C(F)(F)F)c(O)c2)S1. The van der Waals surface area contributed by atoms with Gasteiger partial charge in [0.25, 0.3) is 5.91 Å². The number of ether oxygens (including phenoxy) is 2. The second-order valence-electron chi connectivity index (χ2n) is 6.41. The van der Waals surface area contributed by atoms with Crippen molar-refractivity contribution in [3.05, 3.63) is 58.0 Å². The van der Waals surface area contributed by atoms with Gasteiger partial charge in [0.1, 0.15) is 12.3 Å². The maximum Gasteiger partial charge on any atom is 0.420 e. The van der Waals surface area contributed by atoms with E-state index in [0.29, 0.717) is 11.6 Å². The quantitative estimate of drug-likeness (QED) is 0.493. The van der Waals surface area contributed by atoms with Crippen molar-refractivity contribution in [2.45, 2.75) is 6.18 Å². The summed E-state index contributed by atoms with van der Waals surface area (Å²) in [6.45, 7) is -0.176. The van der Waals surface area contributed by atoms with E-state index in [-0.39, 0.29) is 27.9 Å². The second-order valence-corrected chi connectivity index (χ2v) is 7.44.